The first-order valence-corrected chi connectivity index (χ1v) is 9.64. The van der Waals surface area contributed by atoms with Crippen LogP contribution in [-0.4, -0.2) is 27.3 Å². The highest BCUT2D eigenvalue weighted by molar-refractivity contribution is 7.98. The van der Waals surface area contributed by atoms with Gasteiger partial charge in [0.2, 0.25) is 10.0 Å². The number of sulfonamides is 1. The van der Waals surface area contributed by atoms with E-state index in [0.717, 1.165) is 17.7 Å². The fourth-order valence-corrected chi connectivity index (χ4v) is 4.63. The summed E-state index contributed by atoms with van der Waals surface area (Å²) in [5, 5.41) is 0. The van der Waals surface area contributed by atoms with Crippen molar-refractivity contribution in [3.63, 3.8) is 0 Å². The van der Waals surface area contributed by atoms with E-state index in [1.807, 2.05) is 12.3 Å². The SMILES string of the molecule is CSc1cccc(S(=O)(=O)NC(CN)C2CCCC2)c1.Cl. The van der Waals surface area contributed by atoms with Gasteiger partial charge in [0.05, 0.1) is 4.90 Å². The second-order valence-corrected chi connectivity index (χ2v) is 7.78. The number of nitrogens with two attached hydrogens (primary N) is 1. The molecule has 120 valence electrons. The molecule has 4 nitrogen and oxygen atoms in total. The molecule has 1 aromatic carbocycles. The lowest BCUT2D eigenvalue weighted by molar-refractivity contribution is 0.405. The Labute approximate surface area is 137 Å². The Morgan fingerprint density at radius 3 is 2.62 bits per heavy atom. The first-order chi connectivity index (χ1) is 9.56. The van der Waals surface area contributed by atoms with Crippen LogP contribution in [0, 0.1) is 5.92 Å². The highest BCUT2D eigenvalue weighted by atomic mass is 35.5. The molecule has 1 aliphatic rings. The van der Waals surface area contributed by atoms with Crippen LogP contribution in [0.1, 0.15) is 25.7 Å². The summed E-state index contributed by atoms with van der Waals surface area (Å²) in [6, 6.07) is 6.86. The van der Waals surface area contributed by atoms with Crippen molar-refractivity contribution in [3.05, 3.63) is 24.3 Å². The summed E-state index contributed by atoms with van der Waals surface area (Å²) < 4.78 is 27.7. The average molecular weight is 351 g/mol. The minimum absolute atomic E-state index is 0. The van der Waals surface area contributed by atoms with Crippen LogP contribution in [0.15, 0.2) is 34.1 Å². The molecule has 0 aromatic heterocycles. The number of hydrogen-bond donors (Lipinski definition) is 2. The highest BCUT2D eigenvalue weighted by Crippen LogP contribution is 2.28. The van der Waals surface area contributed by atoms with Crippen molar-refractivity contribution in [2.24, 2.45) is 11.7 Å². The minimum atomic E-state index is -3.48. The normalized spacial score (nSPS) is 17.4. The molecular weight excluding hydrogens is 328 g/mol. The van der Waals surface area contributed by atoms with Crippen molar-refractivity contribution in [3.8, 4) is 0 Å². The van der Waals surface area contributed by atoms with Gasteiger partial charge in [0, 0.05) is 17.5 Å². The molecule has 1 atom stereocenters. The fraction of sp³-hybridized carbons (Fsp3) is 0.571. The number of nitrogens with one attached hydrogen (secondary N) is 1. The van der Waals surface area contributed by atoms with Crippen molar-refractivity contribution >= 4 is 34.2 Å². The van der Waals surface area contributed by atoms with Crippen molar-refractivity contribution in [2.75, 3.05) is 12.8 Å². The van der Waals surface area contributed by atoms with Gasteiger partial charge in [-0.15, -0.1) is 24.2 Å². The lowest BCUT2D eigenvalue weighted by atomic mass is 9.99. The van der Waals surface area contributed by atoms with Gasteiger partial charge in [-0.25, -0.2) is 13.1 Å². The Hall–Kier alpha value is -0.270. The second-order valence-electron chi connectivity index (χ2n) is 5.19. The van der Waals surface area contributed by atoms with E-state index in [0.29, 0.717) is 17.4 Å². The molecule has 1 unspecified atom stereocenters. The molecule has 7 heteroatoms. The van der Waals surface area contributed by atoms with E-state index in [-0.39, 0.29) is 18.4 Å². The maximum absolute atomic E-state index is 12.5. The summed E-state index contributed by atoms with van der Waals surface area (Å²) in [6.45, 7) is 0.353. The third-order valence-electron chi connectivity index (χ3n) is 3.88. The average Bonchev–Trinajstić information content (AvgIpc) is 2.99. The van der Waals surface area contributed by atoms with Gasteiger partial charge in [-0.2, -0.15) is 0 Å². The Morgan fingerprint density at radius 1 is 1.38 bits per heavy atom. The minimum Gasteiger partial charge on any atom is -0.329 e. The largest absolute Gasteiger partial charge is 0.329 e. The molecule has 1 aliphatic carbocycles. The van der Waals surface area contributed by atoms with Crippen LogP contribution in [0.4, 0.5) is 0 Å². The van der Waals surface area contributed by atoms with E-state index in [1.165, 1.54) is 24.6 Å². The van der Waals surface area contributed by atoms with E-state index in [1.54, 1.807) is 18.2 Å². The van der Waals surface area contributed by atoms with Gasteiger partial charge < -0.3 is 5.73 Å². The predicted molar refractivity (Wildman–Crippen MR) is 90.6 cm³/mol. The summed E-state index contributed by atoms with van der Waals surface area (Å²) in [6.07, 6.45) is 6.40. The van der Waals surface area contributed by atoms with Crippen LogP contribution in [0.3, 0.4) is 0 Å². The predicted octanol–water partition coefficient (Wildman–Crippen LogP) is 2.63. The molecule has 2 rings (SSSR count). The number of hydrogen-bond acceptors (Lipinski definition) is 4. The van der Waals surface area contributed by atoms with Gasteiger partial charge in [-0.05, 0) is 43.2 Å². The van der Waals surface area contributed by atoms with E-state index >= 15 is 0 Å². The third kappa shape index (κ3) is 4.86. The zero-order valence-electron chi connectivity index (χ0n) is 12.1. The van der Waals surface area contributed by atoms with Crippen molar-refractivity contribution in [1.82, 2.24) is 4.72 Å². The summed E-state index contributed by atoms with van der Waals surface area (Å²) in [5.74, 6) is 0.374. The van der Waals surface area contributed by atoms with Crippen LogP contribution >= 0.6 is 24.2 Å². The van der Waals surface area contributed by atoms with E-state index in [4.69, 9.17) is 5.73 Å². The summed E-state index contributed by atoms with van der Waals surface area (Å²) in [7, 11) is -3.48. The smallest absolute Gasteiger partial charge is 0.240 e. The molecule has 1 fully saturated rings. The third-order valence-corrected chi connectivity index (χ3v) is 6.09. The van der Waals surface area contributed by atoms with Crippen LogP contribution in [-0.2, 0) is 10.0 Å². The van der Waals surface area contributed by atoms with Gasteiger partial charge >= 0.3 is 0 Å². The monoisotopic (exact) mass is 350 g/mol. The molecule has 21 heavy (non-hydrogen) atoms. The second kappa shape index (κ2) is 8.39. The van der Waals surface area contributed by atoms with Crippen LogP contribution < -0.4 is 10.5 Å². The number of thioether (sulfide) groups is 1. The lowest BCUT2D eigenvalue weighted by Crippen LogP contribution is -2.44. The van der Waals surface area contributed by atoms with E-state index in [2.05, 4.69) is 4.72 Å². The number of halogens is 1. The van der Waals surface area contributed by atoms with Crippen molar-refractivity contribution in [2.45, 2.75) is 41.5 Å². The topological polar surface area (TPSA) is 72.2 Å². The van der Waals surface area contributed by atoms with Crippen molar-refractivity contribution < 1.29 is 8.42 Å². The van der Waals surface area contributed by atoms with Gasteiger partial charge in [0.15, 0.2) is 0 Å². The quantitative estimate of drug-likeness (QED) is 0.773. The molecule has 3 N–H and O–H groups in total. The van der Waals surface area contributed by atoms with Crippen LogP contribution in [0.5, 0.6) is 0 Å². The molecule has 0 heterocycles. The Morgan fingerprint density at radius 2 is 2.05 bits per heavy atom. The Bertz CT molecular complexity index is 546. The highest BCUT2D eigenvalue weighted by Gasteiger charge is 2.28. The van der Waals surface area contributed by atoms with Crippen LogP contribution in [0.2, 0.25) is 0 Å². The van der Waals surface area contributed by atoms with E-state index in [9.17, 15) is 8.42 Å². The Balaban J connectivity index is 0.00000220. The summed E-state index contributed by atoms with van der Waals surface area (Å²) in [4.78, 5) is 1.26. The maximum atomic E-state index is 12.5. The summed E-state index contributed by atoms with van der Waals surface area (Å²) in [5.41, 5.74) is 5.76. The zero-order chi connectivity index (χ0) is 14.6. The molecular formula is C14H23ClN2O2S2. The van der Waals surface area contributed by atoms with Gasteiger partial charge in [-0.1, -0.05) is 18.9 Å². The zero-order valence-corrected chi connectivity index (χ0v) is 14.6. The molecule has 0 spiro atoms. The first-order valence-electron chi connectivity index (χ1n) is 6.93. The standard InChI is InChI=1S/C14H22N2O2S2.ClH/c1-19-12-7-4-8-13(9-12)20(17,18)16-14(10-15)11-5-2-3-6-11;/h4,7-9,11,14,16H,2-3,5-6,10,15H2,1H3;1H. The Kier molecular flexibility index (Phi) is 7.50. The van der Waals surface area contributed by atoms with Gasteiger partial charge in [0.25, 0.3) is 0 Å². The van der Waals surface area contributed by atoms with E-state index < -0.39 is 10.0 Å². The first kappa shape index (κ1) is 18.8. The molecule has 0 radical (unpaired) electrons. The fourth-order valence-electron chi connectivity index (χ4n) is 2.73. The number of benzene rings is 1. The van der Waals surface area contributed by atoms with Gasteiger partial charge in [0.1, 0.15) is 0 Å². The molecule has 0 bridgehead atoms. The maximum Gasteiger partial charge on any atom is 0.240 e. The summed E-state index contributed by atoms with van der Waals surface area (Å²) >= 11 is 1.53. The van der Waals surface area contributed by atoms with Crippen LogP contribution in [0.25, 0.3) is 0 Å². The number of rotatable bonds is 6. The molecule has 0 aliphatic heterocycles. The molecule has 0 saturated heterocycles. The molecule has 1 aromatic rings. The van der Waals surface area contributed by atoms with Crippen molar-refractivity contribution in [1.29, 1.82) is 0 Å². The lowest BCUT2D eigenvalue weighted by Gasteiger charge is -2.23. The van der Waals surface area contributed by atoms with Gasteiger partial charge in [-0.3, -0.25) is 0 Å². The molecule has 0 amide bonds. The molecule has 1 saturated carbocycles.